The van der Waals surface area contributed by atoms with Gasteiger partial charge in [-0.3, -0.25) is 14.9 Å². The van der Waals surface area contributed by atoms with Crippen molar-refractivity contribution in [3.63, 3.8) is 0 Å². The van der Waals surface area contributed by atoms with E-state index in [1.165, 1.54) is 6.07 Å². The predicted molar refractivity (Wildman–Crippen MR) is 74.9 cm³/mol. The highest BCUT2D eigenvalue weighted by Crippen LogP contribution is 2.33. The van der Waals surface area contributed by atoms with Crippen LogP contribution in [0.3, 0.4) is 0 Å². The maximum absolute atomic E-state index is 12.0. The smallest absolute Gasteiger partial charge is 0.290 e. The van der Waals surface area contributed by atoms with Crippen LogP contribution in [0.15, 0.2) is 12.1 Å². The Morgan fingerprint density at radius 2 is 1.89 bits per heavy atom. The topological polar surface area (TPSA) is 72.2 Å². The summed E-state index contributed by atoms with van der Waals surface area (Å²) < 4.78 is 0. The van der Waals surface area contributed by atoms with E-state index in [2.05, 4.69) is 5.32 Å². The zero-order valence-electron chi connectivity index (χ0n) is 10.7. The van der Waals surface area contributed by atoms with Crippen molar-refractivity contribution in [1.82, 2.24) is 5.32 Å². The molecular weight excluding hydrogens is 291 g/mol. The first-order valence-corrected chi connectivity index (χ1v) is 6.44. The molecule has 1 rings (SSSR count). The molecule has 5 nitrogen and oxygen atoms in total. The van der Waals surface area contributed by atoms with E-state index >= 15 is 0 Å². The van der Waals surface area contributed by atoms with Gasteiger partial charge < -0.3 is 5.32 Å². The molecule has 0 aromatic heterocycles. The van der Waals surface area contributed by atoms with E-state index in [1.54, 1.807) is 0 Å². The lowest BCUT2D eigenvalue weighted by Crippen LogP contribution is -2.36. The molecule has 1 unspecified atom stereocenters. The second kappa shape index (κ2) is 6.21. The molecule has 0 spiro atoms. The Hall–Kier alpha value is -1.33. The van der Waals surface area contributed by atoms with E-state index in [1.807, 2.05) is 20.8 Å². The summed E-state index contributed by atoms with van der Waals surface area (Å²) in [6.07, 6.45) is 0. The molecule has 0 saturated carbocycles. The van der Waals surface area contributed by atoms with Crippen molar-refractivity contribution in [3.05, 3.63) is 37.9 Å². The zero-order chi connectivity index (χ0) is 14.7. The molecule has 0 aliphatic rings. The second-order valence-electron chi connectivity index (χ2n) is 4.55. The lowest BCUT2D eigenvalue weighted by molar-refractivity contribution is -0.384. The van der Waals surface area contributed by atoms with E-state index in [9.17, 15) is 14.9 Å². The molecule has 1 aromatic carbocycles. The van der Waals surface area contributed by atoms with Crippen molar-refractivity contribution in [2.75, 3.05) is 0 Å². The fourth-order valence-corrected chi connectivity index (χ4v) is 1.69. The van der Waals surface area contributed by atoms with Gasteiger partial charge in [0.05, 0.1) is 9.95 Å². The summed E-state index contributed by atoms with van der Waals surface area (Å²) in [5.74, 6) is -0.162. The van der Waals surface area contributed by atoms with Crippen molar-refractivity contribution in [2.24, 2.45) is 5.92 Å². The quantitative estimate of drug-likeness (QED) is 0.681. The van der Waals surface area contributed by atoms with Gasteiger partial charge in [-0.25, -0.2) is 0 Å². The Bertz CT molecular complexity index is 518. The van der Waals surface area contributed by atoms with Crippen LogP contribution in [0.4, 0.5) is 5.69 Å². The Labute approximate surface area is 121 Å². The van der Waals surface area contributed by atoms with Gasteiger partial charge in [0, 0.05) is 17.7 Å². The Morgan fingerprint density at radius 1 is 1.32 bits per heavy atom. The molecule has 0 aliphatic carbocycles. The molecule has 1 N–H and O–H groups in total. The van der Waals surface area contributed by atoms with Crippen molar-refractivity contribution < 1.29 is 9.72 Å². The Balaban J connectivity index is 3.08. The van der Waals surface area contributed by atoms with Crippen molar-refractivity contribution in [2.45, 2.75) is 26.8 Å². The van der Waals surface area contributed by atoms with Crippen molar-refractivity contribution in [3.8, 4) is 0 Å². The highest BCUT2D eigenvalue weighted by molar-refractivity contribution is 6.43. The minimum atomic E-state index is -0.670. The lowest BCUT2D eigenvalue weighted by Gasteiger charge is -2.17. The van der Waals surface area contributed by atoms with Crippen LogP contribution in [-0.2, 0) is 0 Å². The molecule has 104 valence electrons. The number of carbonyl (C=O) groups is 1. The van der Waals surface area contributed by atoms with Gasteiger partial charge in [-0.2, -0.15) is 0 Å². The van der Waals surface area contributed by atoms with Gasteiger partial charge in [-0.15, -0.1) is 0 Å². The van der Waals surface area contributed by atoms with Gasteiger partial charge in [0.1, 0.15) is 5.02 Å². The van der Waals surface area contributed by atoms with E-state index < -0.39 is 10.8 Å². The van der Waals surface area contributed by atoms with Crippen LogP contribution in [0.1, 0.15) is 31.1 Å². The van der Waals surface area contributed by atoms with Crippen LogP contribution in [0.2, 0.25) is 10.0 Å². The number of hydrogen-bond acceptors (Lipinski definition) is 3. The van der Waals surface area contributed by atoms with Crippen LogP contribution in [-0.4, -0.2) is 16.9 Å². The normalized spacial score (nSPS) is 12.3. The maximum atomic E-state index is 12.0. The average molecular weight is 305 g/mol. The molecule has 1 aromatic rings. The van der Waals surface area contributed by atoms with Crippen LogP contribution in [0, 0.1) is 16.0 Å². The summed E-state index contributed by atoms with van der Waals surface area (Å²) in [5.41, 5.74) is -0.259. The number of hydrogen-bond donors (Lipinski definition) is 1. The van der Waals surface area contributed by atoms with Crippen LogP contribution in [0.5, 0.6) is 0 Å². The maximum Gasteiger partial charge on any atom is 0.290 e. The van der Waals surface area contributed by atoms with Gasteiger partial charge >= 0.3 is 0 Å². The minimum absolute atomic E-state index is 0.0155. The van der Waals surface area contributed by atoms with Crippen LogP contribution < -0.4 is 5.32 Å². The van der Waals surface area contributed by atoms with Gasteiger partial charge in [0.15, 0.2) is 0 Å². The first kappa shape index (κ1) is 15.7. The van der Waals surface area contributed by atoms with E-state index in [-0.39, 0.29) is 33.3 Å². The Morgan fingerprint density at radius 3 is 2.37 bits per heavy atom. The van der Waals surface area contributed by atoms with E-state index in [4.69, 9.17) is 23.2 Å². The summed E-state index contributed by atoms with van der Waals surface area (Å²) in [6, 6.07) is 2.39. The van der Waals surface area contributed by atoms with Gasteiger partial charge in [0.25, 0.3) is 11.6 Å². The first-order valence-electron chi connectivity index (χ1n) is 5.68. The van der Waals surface area contributed by atoms with Crippen LogP contribution in [0.25, 0.3) is 0 Å². The number of benzene rings is 1. The first-order chi connectivity index (χ1) is 8.73. The Kier molecular flexibility index (Phi) is 5.14. The summed E-state index contributed by atoms with van der Waals surface area (Å²) in [4.78, 5) is 22.1. The molecule has 0 heterocycles. The molecule has 0 aliphatic heterocycles. The SMILES string of the molecule is CC(C)C(C)NC(=O)c1cc(Cl)c(Cl)c([N+](=O)[O-])c1. The van der Waals surface area contributed by atoms with Crippen molar-refractivity contribution in [1.29, 1.82) is 0 Å². The number of nitro groups is 1. The van der Waals surface area contributed by atoms with Gasteiger partial charge in [-0.1, -0.05) is 37.0 Å². The number of rotatable bonds is 4. The third kappa shape index (κ3) is 3.81. The molecule has 19 heavy (non-hydrogen) atoms. The fraction of sp³-hybridized carbons (Fsp3) is 0.417. The number of nitrogens with one attached hydrogen (secondary N) is 1. The van der Waals surface area contributed by atoms with Crippen LogP contribution >= 0.6 is 23.2 Å². The summed E-state index contributed by atoms with van der Waals surface area (Å²) in [6.45, 7) is 5.78. The molecular formula is C12H14Cl2N2O3. The number of carbonyl (C=O) groups excluding carboxylic acids is 1. The minimum Gasteiger partial charge on any atom is -0.349 e. The summed E-state index contributed by atoms with van der Waals surface area (Å²) >= 11 is 11.5. The standard InChI is InChI=1S/C12H14Cl2N2O3/c1-6(2)7(3)15-12(17)8-4-9(13)11(14)10(5-8)16(18)19/h4-7H,1-3H3,(H,15,17). The van der Waals surface area contributed by atoms with E-state index in [0.717, 1.165) is 6.07 Å². The molecule has 0 saturated heterocycles. The number of nitrogens with zero attached hydrogens (tertiary/aromatic N) is 1. The summed E-state index contributed by atoms with van der Waals surface area (Å²) in [5, 5.41) is 13.4. The third-order valence-corrected chi connectivity index (χ3v) is 3.62. The monoisotopic (exact) mass is 304 g/mol. The zero-order valence-corrected chi connectivity index (χ0v) is 12.2. The number of nitro benzene ring substituents is 1. The average Bonchev–Trinajstić information content (AvgIpc) is 2.31. The highest BCUT2D eigenvalue weighted by Gasteiger charge is 2.21. The fourth-order valence-electron chi connectivity index (χ4n) is 1.30. The predicted octanol–water partition coefficient (Wildman–Crippen LogP) is 3.68. The second-order valence-corrected chi connectivity index (χ2v) is 5.34. The molecule has 7 heteroatoms. The van der Waals surface area contributed by atoms with Gasteiger partial charge in [-0.05, 0) is 18.9 Å². The summed E-state index contributed by atoms with van der Waals surface area (Å²) in [7, 11) is 0. The lowest BCUT2D eigenvalue weighted by atomic mass is 10.1. The van der Waals surface area contributed by atoms with Gasteiger partial charge in [0.2, 0.25) is 0 Å². The van der Waals surface area contributed by atoms with E-state index in [0.29, 0.717) is 0 Å². The molecule has 0 fully saturated rings. The molecule has 0 bridgehead atoms. The molecule has 1 atom stereocenters. The largest absolute Gasteiger partial charge is 0.349 e. The number of amides is 1. The van der Waals surface area contributed by atoms with Crippen molar-refractivity contribution >= 4 is 34.8 Å². The molecule has 0 radical (unpaired) electrons. The third-order valence-electron chi connectivity index (χ3n) is 2.83. The highest BCUT2D eigenvalue weighted by atomic mass is 35.5. The number of halogens is 2. The molecule has 1 amide bonds.